The van der Waals surface area contributed by atoms with Gasteiger partial charge in [0.25, 0.3) is 5.56 Å². The molecule has 9 nitrogen and oxygen atoms in total. The highest BCUT2D eigenvalue weighted by molar-refractivity contribution is 6.24. The zero-order valence-corrected chi connectivity index (χ0v) is 25.5. The van der Waals surface area contributed by atoms with Gasteiger partial charge in [0.05, 0.1) is 29.0 Å². The van der Waals surface area contributed by atoms with Gasteiger partial charge in [-0.2, -0.15) is 0 Å². The topological polar surface area (TPSA) is 109 Å². The molecule has 0 saturated heterocycles. The molecule has 1 aliphatic carbocycles. The lowest BCUT2D eigenvalue weighted by molar-refractivity contribution is -0.195. The number of aromatic nitrogens is 2. The largest absolute Gasteiger partial charge is 0.457 e. The Kier molecular flexibility index (Phi) is 6.22. The molecular formula is C37H29N3O6. The molecule has 0 radical (unpaired) electrons. The molecule has 0 spiro atoms. The molecule has 2 atom stereocenters. The molecule has 2 aromatic heterocycles. The van der Waals surface area contributed by atoms with E-state index in [0.29, 0.717) is 29.2 Å². The fourth-order valence-electron chi connectivity index (χ4n) is 6.78. The van der Waals surface area contributed by atoms with Crippen LogP contribution in [0.3, 0.4) is 0 Å². The molecule has 0 amide bonds. The van der Waals surface area contributed by atoms with Gasteiger partial charge in [-0.3, -0.25) is 4.79 Å². The van der Waals surface area contributed by atoms with Gasteiger partial charge in [-0.25, -0.2) is 14.6 Å². The van der Waals surface area contributed by atoms with Crippen LogP contribution in [0, 0.1) is 6.92 Å². The van der Waals surface area contributed by atoms with Gasteiger partial charge in [-0.1, -0.05) is 72.2 Å². The number of carbonyl (C=O) groups excluding carboxylic acids is 2. The average molecular weight is 612 g/mol. The Bertz CT molecular complexity index is 2190. The van der Waals surface area contributed by atoms with Crippen molar-refractivity contribution in [1.82, 2.24) is 9.55 Å². The third-order valence-corrected chi connectivity index (χ3v) is 9.19. The third-order valence-electron chi connectivity index (χ3n) is 9.19. The van der Waals surface area contributed by atoms with Gasteiger partial charge < -0.3 is 18.9 Å². The summed E-state index contributed by atoms with van der Waals surface area (Å²) in [6, 6.07) is 25.5. The molecule has 46 heavy (non-hydrogen) atoms. The van der Waals surface area contributed by atoms with Crippen molar-refractivity contribution < 1.29 is 23.9 Å². The minimum Gasteiger partial charge on any atom is -0.457 e. The third kappa shape index (κ3) is 4.04. The molecule has 4 heterocycles. The van der Waals surface area contributed by atoms with Crippen molar-refractivity contribution in [2.24, 2.45) is 5.16 Å². The molecular weight excluding hydrogens is 582 g/mol. The maximum atomic E-state index is 13.9. The van der Waals surface area contributed by atoms with Gasteiger partial charge in [0.2, 0.25) is 11.7 Å². The number of ether oxygens (including phenoxy) is 2. The first-order valence-electron chi connectivity index (χ1n) is 15.3. The number of aryl methyl sites for hydroxylation is 1. The van der Waals surface area contributed by atoms with Crippen LogP contribution in [-0.2, 0) is 42.7 Å². The Hall–Kier alpha value is -5.57. The molecule has 2 aliphatic heterocycles. The van der Waals surface area contributed by atoms with E-state index in [2.05, 4.69) is 11.2 Å². The van der Waals surface area contributed by atoms with Crippen LogP contribution in [0.15, 0.2) is 88.8 Å². The second-order valence-electron chi connectivity index (χ2n) is 12.0. The van der Waals surface area contributed by atoms with E-state index in [1.54, 1.807) is 17.6 Å². The minimum absolute atomic E-state index is 0.0484. The Morgan fingerprint density at radius 1 is 1.00 bits per heavy atom. The van der Waals surface area contributed by atoms with Crippen LogP contribution in [-0.4, -0.2) is 33.3 Å². The zero-order valence-electron chi connectivity index (χ0n) is 25.5. The van der Waals surface area contributed by atoms with Crippen molar-refractivity contribution in [2.75, 3.05) is 0 Å². The van der Waals surface area contributed by atoms with Gasteiger partial charge >= 0.3 is 11.9 Å². The predicted octanol–water partition coefficient (Wildman–Crippen LogP) is 5.78. The van der Waals surface area contributed by atoms with Crippen molar-refractivity contribution >= 4 is 28.6 Å². The number of rotatable bonds is 5. The Labute approximate surface area is 264 Å². The summed E-state index contributed by atoms with van der Waals surface area (Å²) in [4.78, 5) is 51.6. The molecule has 0 saturated carbocycles. The van der Waals surface area contributed by atoms with E-state index < -0.39 is 23.6 Å². The molecule has 3 aliphatic rings. The smallest absolute Gasteiger partial charge is 0.355 e. The lowest BCUT2D eigenvalue weighted by Gasteiger charge is -2.36. The standard InChI is InChI=1S/C37H29N3O6/c1-4-37(45-35(42)21(3)46-39-33-26-11-7-5-9-24(26)25-10-6-8-12-27(25)33)29-17-31-32-23(16-22-15-20(2)13-14-30(22)38-32)18-40(31)34(41)28(29)19-44-36(37)43/h5-17,21H,4,18-19H2,1-3H3/t21-,37-/m0/s1. The van der Waals surface area contributed by atoms with Crippen LogP contribution >= 0.6 is 0 Å². The highest BCUT2D eigenvalue weighted by atomic mass is 16.7. The molecule has 3 aromatic carbocycles. The van der Waals surface area contributed by atoms with Gasteiger partial charge in [0, 0.05) is 27.6 Å². The molecule has 0 N–H and O–H groups in total. The van der Waals surface area contributed by atoms with Crippen molar-refractivity contribution in [1.29, 1.82) is 0 Å². The zero-order chi connectivity index (χ0) is 31.7. The number of benzene rings is 3. The normalized spacial score (nSPS) is 17.7. The molecule has 5 aromatic rings. The van der Waals surface area contributed by atoms with Crippen molar-refractivity contribution in [3.05, 3.63) is 123 Å². The maximum absolute atomic E-state index is 13.9. The molecule has 0 fully saturated rings. The first-order chi connectivity index (χ1) is 22.3. The fourth-order valence-corrected chi connectivity index (χ4v) is 6.78. The second kappa shape index (κ2) is 10.2. The molecule has 9 heteroatoms. The second-order valence-corrected chi connectivity index (χ2v) is 12.0. The summed E-state index contributed by atoms with van der Waals surface area (Å²) >= 11 is 0. The van der Waals surface area contributed by atoms with E-state index in [4.69, 9.17) is 19.3 Å². The first-order valence-corrected chi connectivity index (χ1v) is 15.3. The minimum atomic E-state index is -1.84. The number of hydrogen-bond acceptors (Lipinski definition) is 8. The number of carbonyl (C=O) groups is 2. The summed E-state index contributed by atoms with van der Waals surface area (Å²) in [5.41, 5.74) is 6.95. The van der Waals surface area contributed by atoms with E-state index in [9.17, 15) is 14.4 Å². The van der Waals surface area contributed by atoms with Crippen LogP contribution < -0.4 is 5.56 Å². The molecule has 8 rings (SSSR count). The monoisotopic (exact) mass is 611 g/mol. The number of cyclic esters (lactones) is 1. The van der Waals surface area contributed by atoms with E-state index >= 15 is 0 Å². The average Bonchev–Trinajstić information content (AvgIpc) is 3.59. The summed E-state index contributed by atoms with van der Waals surface area (Å²) in [5.74, 6) is -1.55. The summed E-state index contributed by atoms with van der Waals surface area (Å²) in [7, 11) is 0. The fraction of sp³-hybridized carbons (Fsp3) is 0.216. The Morgan fingerprint density at radius 2 is 1.70 bits per heavy atom. The first kappa shape index (κ1) is 27.9. The van der Waals surface area contributed by atoms with Crippen molar-refractivity contribution in [3.63, 3.8) is 0 Å². The Balaban J connectivity index is 1.14. The molecule has 228 valence electrons. The van der Waals surface area contributed by atoms with Gasteiger partial charge in [-0.05, 0) is 55.7 Å². The summed E-state index contributed by atoms with van der Waals surface area (Å²) in [6.45, 7) is 5.39. The van der Waals surface area contributed by atoms with Crippen LogP contribution in [0.2, 0.25) is 0 Å². The van der Waals surface area contributed by atoms with Crippen molar-refractivity contribution in [3.8, 4) is 22.5 Å². The van der Waals surface area contributed by atoms with E-state index in [1.807, 2.05) is 73.7 Å². The van der Waals surface area contributed by atoms with Gasteiger partial charge in [-0.15, -0.1) is 0 Å². The number of pyridine rings is 2. The quantitative estimate of drug-likeness (QED) is 0.179. The van der Waals surface area contributed by atoms with Gasteiger partial charge in [0.1, 0.15) is 12.3 Å². The number of oxime groups is 1. The number of hydrogen-bond donors (Lipinski definition) is 0. The number of fused-ring (bicyclic) bond motifs is 8. The summed E-state index contributed by atoms with van der Waals surface area (Å²) in [6.07, 6.45) is -1.12. The van der Waals surface area contributed by atoms with E-state index in [0.717, 1.165) is 44.3 Å². The molecule has 0 bridgehead atoms. The highest BCUT2D eigenvalue weighted by Gasteiger charge is 2.51. The molecule has 0 unspecified atom stereocenters. The van der Waals surface area contributed by atoms with Crippen LogP contribution in [0.4, 0.5) is 0 Å². The predicted molar refractivity (Wildman–Crippen MR) is 171 cm³/mol. The number of nitrogens with zero attached hydrogens (tertiary/aromatic N) is 3. The number of esters is 2. The van der Waals surface area contributed by atoms with Crippen LogP contribution in [0.5, 0.6) is 0 Å². The summed E-state index contributed by atoms with van der Waals surface area (Å²) < 4.78 is 13.1. The van der Waals surface area contributed by atoms with Crippen LogP contribution in [0.1, 0.15) is 53.6 Å². The lowest BCUT2D eigenvalue weighted by atomic mass is 9.85. The lowest BCUT2D eigenvalue weighted by Crippen LogP contribution is -2.48. The van der Waals surface area contributed by atoms with Crippen molar-refractivity contribution in [2.45, 2.75) is 52.0 Å². The van der Waals surface area contributed by atoms with E-state index in [1.165, 1.54) is 6.92 Å². The van der Waals surface area contributed by atoms with E-state index in [-0.39, 0.29) is 24.2 Å². The summed E-state index contributed by atoms with van der Waals surface area (Å²) in [5, 5.41) is 5.37. The highest BCUT2D eigenvalue weighted by Crippen LogP contribution is 2.41. The SMILES string of the molecule is CC[C@@]1(OC(=O)[C@H](C)ON=C2c3ccccc3-c3ccccc32)C(=O)OCc2c1cc1n(c2=O)Cc2cc3cc(C)ccc3nc2-1. The Morgan fingerprint density at radius 3 is 2.39 bits per heavy atom. The van der Waals surface area contributed by atoms with Gasteiger partial charge in [0.15, 0.2) is 0 Å². The van der Waals surface area contributed by atoms with Crippen LogP contribution in [0.25, 0.3) is 33.4 Å². The maximum Gasteiger partial charge on any atom is 0.355 e.